The van der Waals surface area contributed by atoms with Crippen molar-refractivity contribution in [1.29, 1.82) is 5.26 Å². The average molecular weight is 342 g/mol. The topological polar surface area (TPSA) is 52.9 Å². The zero-order chi connectivity index (χ0) is 13.1. The van der Waals surface area contributed by atoms with Gasteiger partial charge >= 0.3 is 0 Å². The van der Waals surface area contributed by atoms with Crippen LogP contribution in [0.25, 0.3) is 0 Å². The monoisotopic (exact) mass is 340 g/mol. The fraction of sp³-hybridized carbons (Fsp3) is 0. The van der Waals surface area contributed by atoms with Gasteiger partial charge in [0.1, 0.15) is 4.88 Å². The number of carbonyl (C=O) groups excluding carboxylic acids is 1. The SMILES string of the molecule is N#Cc1ccc(NC(=O)c2sccc2Br)c(Cl)c1. The summed E-state index contributed by atoms with van der Waals surface area (Å²) in [6, 6.07) is 8.52. The second-order valence-electron chi connectivity index (χ2n) is 3.36. The van der Waals surface area contributed by atoms with E-state index in [1.807, 2.05) is 11.4 Å². The second kappa shape index (κ2) is 5.53. The number of carbonyl (C=O) groups is 1. The second-order valence-corrected chi connectivity index (χ2v) is 5.54. The maximum absolute atomic E-state index is 11.9. The molecule has 3 nitrogen and oxygen atoms in total. The Morgan fingerprint density at radius 3 is 2.78 bits per heavy atom. The smallest absolute Gasteiger partial charge is 0.266 e. The van der Waals surface area contributed by atoms with Crippen molar-refractivity contribution in [2.45, 2.75) is 0 Å². The van der Waals surface area contributed by atoms with Gasteiger partial charge in [0.05, 0.1) is 22.3 Å². The quantitative estimate of drug-likeness (QED) is 0.886. The van der Waals surface area contributed by atoms with Crippen molar-refractivity contribution in [1.82, 2.24) is 0 Å². The van der Waals surface area contributed by atoms with Crippen LogP contribution in [-0.4, -0.2) is 5.91 Å². The first-order valence-corrected chi connectivity index (χ1v) is 6.91. The Morgan fingerprint density at radius 1 is 1.44 bits per heavy atom. The number of nitrogens with zero attached hydrogens (tertiary/aromatic N) is 1. The number of thiophene rings is 1. The van der Waals surface area contributed by atoms with Crippen LogP contribution in [0.3, 0.4) is 0 Å². The van der Waals surface area contributed by atoms with Crippen LogP contribution in [-0.2, 0) is 0 Å². The summed E-state index contributed by atoms with van der Waals surface area (Å²) in [5, 5.41) is 13.6. The minimum atomic E-state index is -0.233. The summed E-state index contributed by atoms with van der Waals surface area (Å²) in [6.07, 6.45) is 0. The van der Waals surface area contributed by atoms with Crippen molar-refractivity contribution in [2.75, 3.05) is 5.32 Å². The zero-order valence-electron chi connectivity index (χ0n) is 8.91. The summed E-state index contributed by atoms with van der Waals surface area (Å²) in [4.78, 5) is 12.5. The van der Waals surface area contributed by atoms with Gasteiger partial charge in [-0.3, -0.25) is 4.79 Å². The van der Waals surface area contributed by atoms with Crippen molar-refractivity contribution in [3.8, 4) is 6.07 Å². The van der Waals surface area contributed by atoms with E-state index in [2.05, 4.69) is 21.2 Å². The molecule has 0 aliphatic heterocycles. The van der Waals surface area contributed by atoms with Crippen molar-refractivity contribution < 1.29 is 4.79 Å². The van der Waals surface area contributed by atoms with Crippen LogP contribution in [0.2, 0.25) is 5.02 Å². The zero-order valence-corrected chi connectivity index (χ0v) is 12.1. The highest BCUT2D eigenvalue weighted by atomic mass is 79.9. The lowest BCUT2D eigenvalue weighted by Gasteiger charge is -2.06. The summed E-state index contributed by atoms with van der Waals surface area (Å²) in [5.41, 5.74) is 0.941. The van der Waals surface area contributed by atoms with Gasteiger partial charge in [0.15, 0.2) is 0 Å². The number of nitrogens with one attached hydrogen (secondary N) is 1. The van der Waals surface area contributed by atoms with Gasteiger partial charge in [-0.1, -0.05) is 11.6 Å². The molecule has 0 atom stereocenters. The molecule has 0 aliphatic carbocycles. The summed E-state index contributed by atoms with van der Waals surface area (Å²) < 4.78 is 0.745. The van der Waals surface area contributed by atoms with Crippen molar-refractivity contribution in [3.63, 3.8) is 0 Å². The molecule has 2 rings (SSSR count). The molecule has 1 heterocycles. The molecule has 0 aliphatic rings. The highest BCUT2D eigenvalue weighted by molar-refractivity contribution is 9.10. The van der Waals surface area contributed by atoms with Gasteiger partial charge in [-0.15, -0.1) is 11.3 Å². The molecule has 0 unspecified atom stereocenters. The van der Waals surface area contributed by atoms with Gasteiger partial charge < -0.3 is 5.32 Å². The Hall–Kier alpha value is -1.35. The third-order valence-electron chi connectivity index (χ3n) is 2.17. The first kappa shape index (κ1) is 13.1. The Bertz CT molecular complexity index is 648. The summed E-state index contributed by atoms with van der Waals surface area (Å²) in [6.45, 7) is 0. The van der Waals surface area contributed by atoms with Crippen LogP contribution in [0.15, 0.2) is 34.1 Å². The number of benzene rings is 1. The van der Waals surface area contributed by atoms with Gasteiger partial charge in [0.2, 0.25) is 0 Å². The third-order valence-corrected chi connectivity index (χ3v) is 4.32. The largest absolute Gasteiger partial charge is 0.320 e. The molecule has 0 saturated carbocycles. The number of anilines is 1. The maximum Gasteiger partial charge on any atom is 0.266 e. The van der Waals surface area contributed by atoms with E-state index in [9.17, 15) is 4.79 Å². The van der Waals surface area contributed by atoms with Crippen LogP contribution in [0.4, 0.5) is 5.69 Å². The maximum atomic E-state index is 11.9. The molecule has 1 amide bonds. The third kappa shape index (κ3) is 2.72. The van der Waals surface area contributed by atoms with E-state index in [-0.39, 0.29) is 5.91 Å². The molecule has 1 N–H and O–H groups in total. The Kier molecular flexibility index (Phi) is 4.02. The number of hydrogen-bond acceptors (Lipinski definition) is 3. The molecule has 6 heteroatoms. The first-order chi connectivity index (χ1) is 8.61. The fourth-order valence-corrected chi connectivity index (χ4v) is 3.00. The van der Waals surface area contributed by atoms with Gasteiger partial charge in [-0.2, -0.15) is 5.26 Å². The van der Waals surface area contributed by atoms with Crippen molar-refractivity contribution in [3.05, 3.63) is 49.6 Å². The van der Waals surface area contributed by atoms with Gasteiger partial charge in [0.25, 0.3) is 5.91 Å². The first-order valence-electron chi connectivity index (χ1n) is 4.86. The van der Waals surface area contributed by atoms with E-state index < -0.39 is 0 Å². The number of hydrogen-bond donors (Lipinski definition) is 1. The molecular formula is C12H6BrClN2OS. The van der Waals surface area contributed by atoms with Crippen LogP contribution in [0.1, 0.15) is 15.2 Å². The minimum absolute atomic E-state index is 0.233. The molecule has 0 saturated heterocycles. The molecule has 0 radical (unpaired) electrons. The Morgan fingerprint density at radius 2 is 2.22 bits per heavy atom. The van der Waals surface area contributed by atoms with Gasteiger partial charge in [-0.25, -0.2) is 0 Å². The van der Waals surface area contributed by atoms with E-state index >= 15 is 0 Å². The summed E-state index contributed by atoms with van der Waals surface area (Å²) in [7, 11) is 0. The average Bonchev–Trinajstić information content (AvgIpc) is 2.78. The van der Waals surface area contributed by atoms with Crippen LogP contribution < -0.4 is 5.32 Å². The molecule has 1 aromatic heterocycles. The van der Waals surface area contributed by atoms with Gasteiger partial charge in [0, 0.05) is 4.47 Å². The van der Waals surface area contributed by atoms with Crippen molar-refractivity contribution >= 4 is 50.5 Å². The van der Waals surface area contributed by atoms with Crippen LogP contribution in [0.5, 0.6) is 0 Å². The minimum Gasteiger partial charge on any atom is -0.320 e. The van der Waals surface area contributed by atoms with E-state index in [0.29, 0.717) is 21.2 Å². The van der Waals surface area contributed by atoms with Gasteiger partial charge in [-0.05, 0) is 45.6 Å². The number of halogens is 2. The Balaban J connectivity index is 2.23. The van der Waals surface area contributed by atoms with E-state index in [1.165, 1.54) is 17.4 Å². The molecular weight excluding hydrogens is 336 g/mol. The van der Waals surface area contributed by atoms with E-state index in [0.717, 1.165) is 4.47 Å². The molecule has 1 aromatic carbocycles. The lowest BCUT2D eigenvalue weighted by Crippen LogP contribution is -2.11. The lowest BCUT2D eigenvalue weighted by atomic mass is 10.2. The predicted molar refractivity (Wildman–Crippen MR) is 76.1 cm³/mol. The number of rotatable bonds is 2. The standard InChI is InChI=1S/C12H6BrClN2OS/c13-8-3-4-18-11(8)12(17)16-10-2-1-7(6-15)5-9(10)14/h1-5H,(H,16,17). The van der Waals surface area contributed by atoms with E-state index in [4.69, 9.17) is 16.9 Å². The molecule has 0 fully saturated rings. The predicted octanol–water partition coefficient (Wildman–Crippen LogP) is 4.29. The van der Waals surface area contributed by atoms with Crippen LogP contribution >= 0.6 is 38.9 Å². The lowest BCUT2D eigenvalue weighted by molar-refractivity contribution is 0.103. The van der Waals surface area contributed by atoms with Crippen LogP contribution in [0, 0.1) is 11.3 Å². The highest BCUT2D eigenvalue weighted by Gasteiger charge is 2.13. The molecule has 90 valence electrons. The fourth-order valence-electron chi connectivity index (χ4n) is 1.32. The molecule has 0 spiro atoms. The molecule has 18 heavy (non-hydrogen) atoms. The van der Waals surface area contributed by atoms with E-state index in [1.54, 1.807) is 18.2 Å². The summed E-state index contributed by atoms with van der Waals surface area (Å²) in [5.74, 6) is -0.233. The molecule has 0 bridgehead atoms. The number of nitriles is 1. The number of amides is 1. The molecule has 2 aromatic rings. The van der Waals surface area contributed by atoms with Crippen molar-refractivity contribution in [2.24, 2.45) is 0 Å². The highest BCUT2D eigenvalue weighted by Crippen LogP contribution is 2.27. The Labute approximate surface area is 121 Å². The normalized spacial score (nSPS) is 9.83. The summed E-state index contributed by atoms with van der Waals surface area (Å²) >= 11 is 10.6.